The average Bonchev–Trinajstić information content (AvgIpc) is 2.65. The number of halogens is 1. The van der Waals surface area contributed by atoms with Gasteiger partial charge < -0.3 is 9.69 Å². The molecule has 1 aromatic carbocycles. The number of hydrogen-bond donors (Lipinski definition) is 0. The Balaban J connectivity index is 2.10. The van der Waals surface area contributed by atoms with Gasteiger partial charge in [0.05, 0.1) is 0 Å². The van der Waals surface area contributed by atoms with Crippen molar-refractivity contribution in [1.82, 2.24) is 0 Å². The lowest BCUT2D eigenvalue weighted by Crippen LogP contribution is -2.36. The van der Waals surface area contributed by atoms with Crippen molar-refractivity contribution in [2.75, 3.05) is 18.5 Å². The molecule has 0 saturated heterocycles. The SMILES string of the molecule is CN(CC1(C=O)CCCCCC1)c1cccc(F)c1. The molecule has 0 bridgehead atoms. The largest absolute Gasteiger partial charge is 0.374 e. The van der Waals surface area contributed by atoms with Crippen LogP contribution in [0.15, 0.2) is 24.3 Å². The Labute approximate surface area is 114 Å². The standard InChI is InChI=1S/C16H22FNO/c1-18(15-8-6-7-14(17)11-15)12-16(13-19)9-4-2-3-5-10-16/h6-8,11,13H,2-5,9-10,12H2,1H3. The molecule has 0 unspecified atom stereocenters. The minimum atomic E-state index is -0.252. The number of hydrogen-bond acceptors (Lipinski definition) is 2. The van der Waals surface area contributed by atoms with Gasteiger partial charge >= 0.3 is 0 Å². The van der Waals surface area contributed by atoms with Crippen LogP contribution >= 0.6 is 0 Å². The van der Waals surface area contributed by atoms with Gasteiger partial charge in [-0.3, -0.25) is 0 Å². The normalized spacial score (nSPS) is 18.6. The molecule has 1 aliphatic rings. The smallest absolute Gasteiger partial charge is 0.127 e. The van der Waals surface area contributed by atoms with Gasteiger partial charge in [0.15, 0.2) is 0 Å². The van der Waals surface area contributed by atoms with Crippen molar-refractivity contribution in [3.63, 3.8) is 0 Å². The molecule has 104 valence electrons. The Morgan fingerprint density at radius 3 is 2.53 bits per heavy atom. The van der Waals surface area contributed by atoms with E-state index < -0.39 is 0 Å². The maximum atomic E-state index is 13.3. The van der Waals surface area contributed by atoms with Gasteiger partial charge in [-0.1, -0.05) is 31.7 Å². The van der Waals surface area contributed by atoms with E-state index in [1.165, 1.54) is 25.0 Å². The summed E-state index contributed by atoms with van der Waals surface area (Å²) in [6.45, 7) is 0.681. The molecule has 1 aromatic rings. The van der Waals surface area contributed by atoms with E-state index in [2.05, 4.69) is 0 Å². The Kier molecular flexibility index (Phi) is 4.56. The summed E-state index contributed by atoms with van der Waals surface area (Å²) in [5, 5.41) is 0. The van der Waals surface area contributed by atoms with Crippen LogP contribution in [0.1, 0.15) is 38.5 Å². The number of aldehydes is 1. The number of rotatable bonds is 4. The number of anilines is 1. The van der Waals surface area contributed by atoms with Crippen LogP contribution in [0.3, 0.4) is 0 Å². The molecule has 0 spiro atoms. The van der Waals surface area contributed by atoms with Gasteiger partial charge in [0.1, 0.15) is 12.1 Å². The lowest BCUT2D eigenvalue weighted by atomic mass is 9.81. The van der Waals surface area contributed by atoms with E-state index in [4.69, 9.17) is 0 Å². The number of carbonyl (C=O) groups excluding carboxylic acids is 1. The maximum absolute atomic E-state index is 13.3. The molecule has 2 nitrogen and oxygen atoms in total. The molecule has 0 aromatic heterocycles. The summed E-state index contributed by atoms with van der Waals surface area (Å²) in [4.78, 5) is 13.6. The van der Waals surface area contributed by atoms with Crippen LogP contribution in [-0.4, -0.2) is 19.9 Å². The van der Waals surface area contributed by atoms with E-state index in [1.54, 1.807) is 6.07 Å². The molecule has 1 fully saturated rings. The van der Waals surface area contributed by atoms with Crippen LogP contribution in [0, 0.1) is 11.2 Å². The van der Waals surface area contributed by atoms with Crippen LogP contribution in [0.5, 0.6) is 0 Å². The number of carbonyl (C=O) groups is 1. The topological polar surface area (TPSA) is 20.3 Å². The van der Waals surface area contributed by atoms with E-state index >= 15 is 0 Å². The van der Waals surface area contributed by atoms with E-state index in [0.29, 0.717) is 6.54 Å². The minimum absolute atomic E-state index is 0.231. The summed E-state index contributed by atoms with van der Waals surface area (Å²) in [7, 11) is 1.94. The van der Waals surface area contributed by atoms with Gasteiger partial charge in [-0.2, -0.15) is 0 Å². The van der Waals surface area contributed by atoms with Crippen molar-refractivity contribution in [2.45, 2.75) is 38.5 Å². The second-order valence-electron chi connectivity index (χ2n) is 5.73. The third kappa shape index (κ3) is 3.55. The van der Waals surface area contributed by atoms with Crippen molar-refractivity contribution in [2.24, 2.45) is 5.41 Å². The summed E-state index contributed by atoms with van der Waals surface area (Å²) >= 11 is 0. The van der Waals surface area contributed by atoms with Crippen molar-refractivity contribution < 1.29 is 9.18 Å². The lowest BCUT2D eigenvalue weighted by Gasteiger charge is -2.32. The second-order valence-corrected chi connectivity index (χ2v) is 5.73. The first-order chi connectivity index (χ1) is 9.15. The molecule has 2 rings (SSSR count). The summed E-state index contributed by atoms with van der Waals surface area (Å²) in [5.74, 6) is -0.231. The monoisotopic (exact) mass is 263 g/mol. The fourth-order valence-electron chi connectivity index (χ4n) is 3.02. The molecule has 19 heavy (non-hydrogen) atoms. The molecule has 0 aliphatic heterocycles. The van der Waals surface area contributed by atoms with Crippen molar-refractivity contribution >= 4 is 12.0 Å². The van der Waals surface area contributed by atoms with Gasteiger partial charge in [0, 0.05) is 24.7 Å². The molecular formula is C16H22FNO. The zero-order chi connectivity index (χ0) is 13.7. The van der Waals surface area contributed by atoms with Crippen molar-refractivity contribution in [3.8, 4) is 0 Å². The van der Waals surface area contributed by atoms with Crippen LogP contribution in [0.4, 0.5) is 10.1 Å². The van der Waals surface area contributed by atoms with Crippen molar-refractivity contribution in [3.05, 3.63) is 30.1 Å². The average molecular weight is 263 g/mol. The van der Waals surface area contributed by atoms with Gasteiger partial charge in [-0.25, -0.2) is 4.39 Å². The number of benzene rings is 1. The molecule has 1 aliphatic carbocycles. The highest BCUT2D eigenvalue weighted by atomic mass is 19.1. The molecule has 3 heteroatoms. The van der Waals surface area contributed by atoms with Gasteiger partial charge in [-0.15, -0.1) is 0 Å². The quantitative estimate of drug-likeness (QED) is 0.608. The van der Waals surface area contributed by atoms with Gasteiger partial charge in [0.2, 0.25) is 0 Å². The van der Waals surface area contributed by atoms with Crippen LogP contribution < -0.4 is 4.90 Å². The lowest BCUT2D eigenvalue weighted by molar-refractivity contribution is -0.116. The Morgan fingerprint density at radius 1 is 1.26 bits per heavy atom. The Morgan fingerprint density at radius 2 is 1.95 bits per heavy atom. The molecule has 0 radical (unpaired) electrons. The summed E-state index contributed by atoms with van der Waals surface area (Å²) in [5.41, 5.74) is 0.586. The van der Waals surface area contributed by atoms with E-state index in [1.807, 2.05) is 18.0 Å². The highest BCUT2D eigenvalue weighted by Crippen LogP contribution is 2.34. The third-order valence-corrected chi connectivity index (χ3v) is 4.15. The first kappa shape index (κ1) is 14.0. The molecule has 0 amide bonds. The predicted octanol–water partition coefficient (Wildman–Crippen LogP) is 3.80. The first-order valence-corrected chi connectivity index (χ1v) is 7.08. The first-order valence-electron chi connectivity index (χ1n) is 7.08. The molecular weight excluding hydrogens is 241 g/mol. The molecule has 1 saturated carbocycles. The summed E-state index contributed by atoms with van der Waals surface area (Å²) in [6, 6.07) is 6.56. The van der Waals surface area contributed by atoms with Gasteiger partial charge in [0.25, 0.3) is 0 Å². The highest BCUT2D eigenvalue weighted by Gasteiger charge is 2.32. The minimum Gasteiger partial charge on any atom is -0.374 e. The fourth-order valence-corrected chi connectivity index (χ4v) is 3.02. The third-order valence-electron chi connectivity index (χ3n) is 4.15. The summed E-state index contributed by atoms with van der Waals surface area (Å²) in [6.07, 6.45) is 7.73. The molecule has 0 heterocycles. The van der Waals surface area contributed by atoms with Crippen molar-refractivity contribution in [1.29, 1.82) is 0 Å². The Bertz CT molecular complexity index is 425. The van der Waals surface area contributed by atoms with E-state index in [9.17, 15) is 9.18 Å². The zero-order valence-corrected chi connectivity index (χ0v) is 11.6. The maximum Gasteiger partial charge on any atom is 0.127 e. The molecule has 0 N–H and O–H groups in total. The van der Waals surface area contributed by atoms with Crippen LogP contribution in [-0.2, 0) is 4.79 Å². The summed E-state index contributed by atoms with van der Waals surface area (Å²) < 4.78 is 13.3. The predicted molar refractivity (Wildman–Crippen MR) is 75.9 cm³/mol. The fraction of sp³-hybridized carbons (Fsp3) is 0.562. The van der Waals surface area contributed by atoms with E-state index in [-0.39, 0.29) is 11.2 Å². The van der Waals surface area contributed by atoms with Crippen LogP contribution in [0.25, 0.3) is 0 Å². The van der Waals surface area contributed by atoms with Crippen LogP contribution in [0.2, 0.25) is 0 Å². The zero-order valence-electron chi connectivity index (χ0n) is 11.6. The number of nitrogens with zero attached hydrogens (tertiary/aromatic N) is 1. The Hall–Kier alpha value is -1.38. The van der Waals surface area contributed by atoms with Gasteiger partial charge in [-0.05, 0) is 31.0 Å². The molecule has 0 atom stereocenters. The highest BCUT2D eigenvalue weighted by molar-refractivity contribution is 5.61. The second kappa shape index (κ2) is 6.18. The van der Waals surface area contributed by atoms with E-state index in [0.717, 1.165) is 37.7 Å².